The number of rotatable bonds is 7. The van der Waals surface area contributed by atoms with Crippen molar-refractivity contribution in [3.05, 3.63) is 48.0 Å². The topological polar surface area (TPSA) is 47.6 Å². The van der Waals surface area contributed by atoms with Gasteiger partial charge in [-0.1, -0.05) is 38.1 Å². The van der Waals surface area contributed by atoms with E-state index in [0.717, 1.165) is 24.0 Å². The zero-order valence-corrected chi connectivity index (χ0v) is 15.0. The van der Waals surface area contributed by atoms with E-state index in [4.69, 9.17) is 9.47 Å². The van der Waals surface area contributed by atoms with E-state index in [2.05, 4.69) is 43.4 Å². The molecule has 1 amide bonds. The first-order chi connectivity index (χ1) is 12.0. The minimum atomic E-state index is -0.0758. The fraction of sp³-hybridized carbons (Fsp3) is 0.381. The molecule has 2 aromatic carbocycles. The number of hydrogen-bond donors (Lipinski definition) is 1. The maximum Gasteiger partial charge on any atom is 0.258 e. The number of carbonyl (C=O) groups excluding carboxylic acids is 1. The zero-order valence-electron chi connectivity index (χ0n) is 15.0. The van der Waals surface area contributed by atoms with Gasteiger partial charge in [-0.25, -0.2) is 0 Å². The van der Waals surface area contributed by atoms with Gasteiger partial charge in [0.2, 0.25) is 0 Å². The molecule has 0 aliphatic heterocycles. The molecule has 3 rings (SSSR count). The molecule has 2 aromatic rings. The lowest BCUT2D eigenvalue weighted by Crippen LogP contribution is -2.30. The molecule has 0 unspecified atom stereocenters. The van der Waals surface area contributed by atoms with Crippen molar-refractivity contribution >= 4 is 5.91 Å². The van der Waals surface area contributed by atoms with Crippen LogP contribution < -0.4 is 14.8 Å². The van der Waals surface area contributed by atoms with Crippen LogP contribution in [0.15, 0.2) is 42.5 Å². The Morgan fingerprint density at radius 2 is 1.76 bits per heavy atom. The molecule has 0 radical (unpaired) electrons. The molecule has 0 heterocycles. The van der Waals surface area contributed by atoms with Gasteiger partial charge in [0.25, 0.3) is 5.91 Å². The van der Waals surface area contributed by atoms with E-state index in [1.54, 1.807) is 13.2 Å². The van der Waals surface area contributed by atoms with Gasteiger partial charge in [-0.3, -0.25) is 4.79 Å². The summed E-state index contributed by atoms with van der Waals surface area (Å²) < 4.78 is 11.1. The van der Waals surface area contributed by atoms with Gasteiger partial charge in [-0.05, 0) is 47.6 Å². The van der Waals surface area contributed by atoms with Gasteiger partial charge < -0.3 is 14.8 Å². The molecular weight excluding hydrogens is 314 g/mol. The molecule has 0 spiro atoms. The van der Waals surface area contributed by atoms with Gasteiger partial charge in [0, 0.05) is 12.1 Å². The first-order valence-corrected chi connectivity index (χ1v) is 8.76. The average molecular weight is 339 g/mol. The van der Waals surface area contributed by atoms with E-state index in [0.29, 0.717) is 23.5 Å². The first-order valence-electron chi connectivity index (χ1n) is 8.76. The minimum Gasteiger partial charge on any atom is -0.497 e. The standard InChI is InChI=1S/C21H25NO3/c1-14(2)15-4-6-16(7-5-15)17-10-19(24-3)12-20(11-17)25-13-21(23)22-18-8-9-18/h4-7,10-12,14,18H,8-9,13H2,1-3H3,(H,22,23). The number of benzene rings is 2. The Kier molecular flexibility index (Phi) is 5.27. The summed E-state index contributed by atoms with van der Waals surface area (Å²) in [6.07, 6.45) is 2.14. The van der Waals surface area contributed by atoms with Gasteiger partial charge >= 0.3 is 0 Å². The molecule has 4 heteroatoms. The quantitative estimate of drug-likeness (QED) is 0.824. The van der Waals surface area contributed by atoms with Crippen LogP contribution in [0.3, 0.4) is 0 Å². The number of carbonyl (C=O) groups is 1. The molecular formula is C21H25NO3. The summed E-state index contributed by atoms with van der Waals surface area (Å²) in [5.41, 5.74) is 3.41. The minimum absolute atomic E-state index is 0.0232. The molecule has 1 fully saturated rings. The van der Waals surface area contributed by atoms with E-state index >= 15 is 0 Å². The Bertz CT molecular complexity index is 733. The van der Waals surface area contributed by atoms with Gasteiger partial charge in [0.05, 0.1) is 7.11 Å². The number of amides is 1. The lowest BCUT2D eigenvalue weighted by molar-refractivity contribution is -0.123. The highest BCUT2D eigenvalue weighted by Crippen LogP contribution is 2.30. The number of ether oxygens (including phenoxy) is 2. The molecule has 0 saturated heterocycles. The summed E-state index contributed by atoms with van der Waals surface area (Å²) in [7, 11) is 1.63. The van der Waals surface area contributed by atoms with Crippen LogP contribution in [0, 0.1) is 0 Å². The van der Waals surface area contributed by atoms with Crippen molar-refractivity contribution in [3.8, 4) is 22.6 Å². The monoisotopic (exact) mass is 339 g/mol. The van der Waals surface area contributed by atoms with Crippen LogP contribution in [0.25, 0.3) is 11.1 Å². The maximum atomic E-state index is 11.8. The summed E-state index contributed by atoms with van der Waals surface area (Å²) in [4.78, 5) is 11.8. The largest absolute Gasteiger partial charge is 0.497 e. The van der Waals surface area contributed by atoms with E-state index < -0.39 is 0 Å². The Balaban J connectivity index is 1.75. The highest BCUT2D eigenvalue weighted by atomic mass is 16.5. The maximum absolute atomic E-state index is 11.8. The summed E-state index contributed by atoms with van der Waals surface area (Å²) in [5, 5.41) is 2.92. The van der Waals surface area contributed by atoms with Crippen LogP contribution in [0.5, 0.6) is 11.5 Å². The predicted octanol–water partition coefficient (Wildman–Crippen LogP) is 4.14. The van der Waals surface area contributed by atoms with Gasteiger partial charge in [0.15, 0.2) is 6.61 Å². The Morgan fingerprint density at radius 3 is 2.36 bits per heavy atom. The van der Waals surface area contributed by atoms with Gasteiger partial charge in [-0.15, -0.1) is 0 Å². The molecule has 0 aromatic heterocycles. The third kappa shape index (κ3) is 4.75. The number of nitrogens with one attached hydrogen (secondary N) is 1. The second-order valence-corrected chi connectivity index (χ2v) is 6.80. The molecule has 0 atom stereocenters. The van der Waals surface area contributed by atoms with E-state index in [9.17, 15) is 4.79 Å². The lowest BCUT2D eigenvalue weighted by Gasteiger charge is -2.12. The molecule has 1 aliphatic rings. The van der Waals surface area contributed by atoms with Crippen molar-refractivity contribution in [1.82, 2.24) is 5.32 Å². The third-order valence-corrected chi connectivity index (χ3v) is 4.34. The lowest BCUT2D eigenvalue weighted by atomic mass is 9.98. The van der Waals surface area contributed by atoms with Crippen LogP contribution in [0.2, 0.25) is 0 Å². The third-order valence-electron chi connectivity index (χ3n) is 4.34. The van der Waals surface area contributed by atoms with Crippen LogP contribution >= 0.6 is 0 Å². The fourth-order valence-corrected chi connectivity index (χ4v) is 2.65. The van der Waals surface area contributed by atoms with Gasteiger partial charge in [-0.2, -0.15) is 0 Å². The molecule has 0 bridgehead atoms. The smallest absolute Gasteiger partial charge is 0.258 e. The summed E-state index contributed by atoms with van der Waals surface area (Å²) in [6.45, 7) is 4.38. The van der Waals surface area contributed by atoms with Crippen molar-refractivity contribution < 1.29 is 14.3 Å². The average Bonchev–Trinajstić information content (AvgIpc) is 3.43. The molecule has 4 nitrogen and oxygen atoms in total. The fourth-order valence-electron chi connectivity index (χ4n) is 2.65. The van der Waals surface area contributed by atoms with E-state index in [1.807, 2.05) is 12.1 Å². The Morgan fingerprint density at radius 1 is 1.08 bits per heavy atom. The van der Waals surface area contributed by atoms with Crippen LogP contribution in [0.4, 0.5) is 0 Å². The van der Waals surface area contributed by atoms with Gasteiger partial charge in [0.1, 0.15) is 11.5 Å². The summed E-state index contributed by atoms with van der Waals surface area (Å²) >= 11 is 0. The summed E-state index contributed by atoms with van der Waals surface area (Å²) in [5.74, 6) is 1.77. The number of hydrogen-bond acceptors (Lipinski definition) is 3. The van der Waals surface area contributed by atoms with Crippen LogP contribution in [0.1, 0.15) is 38.2 Å². The highest BCUT2D eigenvalue weighted by molar-refractivity contribution is 5.78. The zero-order chi connectivity index (χ0) is 17.8. The van der Waals surface area contributed by atoms with Crippen LogP contribution in [-0.4, -0.2) is 25.7 Å². The molecule has 25 heavy (non-hydrogen) atoms. The van der Waals surface area contributed by atoms with Crippen molar-refractivity contribution in [2.24, 2.45) is 0 Å². The second-order valence-electron chi connectivity index (χ2n) is 6.80. The van der Waals surface area contributed by atoms with E-state index in [1.165, 1.54) is 5.56 Å². The number of methoxy groups -OCH3 is 1. The van der Waals surface area contributed by atoms with Crippen molar-refractivity contribution in [3.63, 3.8) is 0 Å². The molecule has 1 N–H and O–H groups in total. The molecule has 1 aliphatic carbocycles. The first kappa shape index (κ1) is 17.3. The Hall–Kier alpha value is -2.49. The van der Waals surface area contributed by atoms with Crippen molar-refractivity contribution in [1.29, 1.82) is 0 Å². The van der Waals surface area contributed by atoms with E-state index in [-0.39, 0.29) is 12.5 Å². The van der Waals surface area contributed by atoms with Crippen LogP contribution in [-0.2, 0) is 4.79 Å². The second kappa shape index (κ2) is 7.60. The normalized spacial score (nSPS) is 13.6. The SMILES string of the molecule is COc1cc(OCC(=O)NC2CC2)cc(-c2ccc(C(C)C)cc2)c1. The summed E-state index contributed by atoms with van der Waals surface area (Å²) in [6, 6.07) is 14.6. The Labute approximate surface area is 149 Å². The molecule has 132 valence electrons. The molecule has 1 saturated carbocycles. The van der Waals surface area contributed by atoms with Crippen molar-refractivity contribution in [2.75, 3.05) is 13.7 Å². The predicted molar refractivity (Wildman–Crippen MR) is 99.2 cm³/mol. The van der Waals surface area contributed by atoms with Crippen molar-refractivity contribution in [2.45, 2.75) is 38.6 Å². The highest BCUT2D eigenvalue weighted by Gasteiger charge is 2.23.